The first-order valence-corrected chi connectivity index (χ1v) is 10.3. The van der Waals surface area contributed by atoms with E-state index >= 15 is 0 Å². The molecule has 5 nitrogen and oxygen atoms in total. The molecule has 0 spiro atoms. The van der Waals surface area contributed by atoms with Gasteiger partial charge in [0.1, 0.15) is 0 Å². The molecule has 2 aliphatic rings. The molecular formula is C18H25N3O2S. The van der Waals surface area contributed by atoms with Crippen LogP contribution in [0.5, 0.6) is 0 Å². The largest absolute Gasteiger partial charge is 0.348 e. The van der Waals surface area contributed by atoms with Gasteiger partial charge in [0.05, 0.1) is 17.8 Å². The van der Waals surface area contributed by atoms with E-state index in [0.717, 1.165) is 30.5 Å². The van der Waals surface area contributed by atoms with E-state index in [1.54, 1.807) is 19.4 Å². The topological polar surface area (TPSA) is 74.8 Å². The minimum absolute atomic E-state index is 0.0770. The van der Waals surface area contributed by atoms with Crippen LogP contribution in [0.3, 0.4) is 0 Å². The van der Waals surface area contributed by atoms with Gasteiger partial charge in [-0.1, -0.05) is 18.1 Å². The Hall–Kier alpha value is -1.82. The smallest absolute Gasteiger partial charge is 0.232 e. The van der Waals surface area contributed by atoms with E-state index < -0.39 is 10.0 Å². The zero-order valence-electron chi connectivity index (χ0n) is 14.1. The van der Waals surface area contributed by atoms with Crippen LogP contribution in [-0.2, 0) is 16.4 Å². The average molecular weight is 347 g/mol. The van der Waals surface area contributed by atoms with E-state index in [9.17, 15) is 8.42 Å². The molecule has 1 aromatic rings. The molecule has 1 aromatic heterocycles. The lowest BCUT2D eigenvalue weighted by Gasteiger charge is -2.25. The first-order chi connectivity index (χ1) is 11.6. The van der Waals surface area contributed by atoms with Gasteiger partial charge in [-0.25, -0.2) is 13.4 Å². The van der Waals surface area contributed by atoms with Crippen LogP contribution in [0.4, 0.5) is 0 Å². The Balaban J connectivity index is 2.02. The second-order valence-electron chi connectivity index (χ2n) is 6.40. The highest BCUT2D eigenvalue weighted by Crippen LogP contribution is 2.35. The number of allylic oxidation sites excluding steroid dienone is 5. The molecule has 0 amide bonds. The minimum Gasteiger partial charge on any atom is -0.348 e. The monoisotopic (exact) mass is 347 g/mol. The van der Waals surface area contributed by atoms with Crippen molar-refractivity contribution in [2.45, 2.75) is 51.9 Å². The fourth-order valence-corrected chi connectivity index (χ4v) is 4.10. The van der Waals surface area contributed by atoms with Crippen molar-refractivity contribution in [2.75, 3.05) is 5.75 Å². The van der Waals surface area contributed by atoms with Gasteiger partial charge in [0.25, 0.3) is 0 Å². The summed E-state index contributed by atoms with van der Waals surface area (Å²) in [5.41, 5.74) is 5.62. The standard InChI is InChI=1S/C18H25N3O2S/c1-2-24(22,23)21-18-10-6-9-16(14-7-4-3-5-8-14)17(18)11-15-12-19-13-20-15/h6,10,12-13,21H,2-5,7-9,11H2,1H3,(H,19,20). The maximum Gasteiger partial charge on any atom is 0.232 e. The number of imidazole rings is 1. The highest BCUT2D eigenvalue weighted by Gasteiger charge is 2.22. The lowest BCUT2D eigenvalue weighted by atomic mass is 9.83. The molecule has 0 aliphatic heterocycles. The zero-order valence-corrected chi connectivity index (χ0v) is 15.0. The molecule has 0 atom stereocenters. The summed E-state index contributed by atoms with van der Waals surface area (Å²) < 4.78 is 26.9. The Bertz CT molecular complexity index is 763. The third-order valence-electron chi connectivity index (χ3n) is 4.75. The van der Waals surface area contributed by atoms with Crippen molar-refractivity contribution < 1.29 is 8.42 Å². The molecule has 0 radical (unpaired) electrons. The number of nitrogens with one attached hydrogen (secondary N) is 2. The van der Waals surface area contributed by atoms with Gasteiger partial charge in [0.15, 0.2) is 0 Å². The molecule has 1 saturated carbocycles. The molecule has 0 unspecified atom stereocenters. The molecule has 1 heterocycles. The molecule has 3 rings (SSSR count). The maximum absolute atomic E-state index is 12.1. The van der Waals surface area contributed by atoms with Crippen molar-refractivity contribution in [1.82, 2.24) is 14.7 Å². The van der Waals surface area contributed by atoms with Crippen LogP contribution in [0.25, 0.3) is 0 Å². The van der Waals surface area contributed by atoms with Gasteiger partial charge in [0.2, 0.25) is 10.0 Å². The minimum atomic E-state index is -3.29. The van der Waals surface area contributed by atoms with E-state index in [2.05, 4.69) is 20.8 Å². The van der Waals surface area contributed by atoms with Gasteiger partial charge in [-0.2, -0.15) is 0 Å². The van der Waals surface area contributed by atoms with Crippen molar-refractivity contribution in [3.8, 4) is 0 Å². The summed E-state index contributed by atoms with van der Waals surface area (Å²) >= 11 is 0. The molecule has 0 saturated heterocycles. The third kappa shape index (κ3) is 3.98. The Morgan fingerprint density at radius 2 is 2.04 bits per heavy atom. The van der Waals surface area contributed by atoms with Crippen LogP contribution in [0, 0.1) is 0 Å². The number of H-pyrrole nitrogens is 1. The summed E-state index contributed by atoms with van der Waals surface area (Å²) in [5.74, 6) is 0.0770. The number of hydrogen-bond acceptors (Lipinski definition) is 3. The number of sulfonamides is 1. The highest BCUT2D eigenvalue weighted by molar-refractivity contribution is 7.89. The summed E-state index contributed by atoms with van der Waals surface area (Å²) in [4.78, 5) is 7.23. The van der Waals surface area contributed by atoms with E-state index in [0.29, 0.717) is 12.1 Å². The molecule has 2 aliphatic carbocycles. The molecule has 0 bridgehead atoms. The number of hydrogen-bond donors (Lipinski definition) is 2. The first kappa shape index (κ1) is 17.0. The second-order valence-corrected chi connectivity index (χ2v) is 8.41. The van der Waals surface area contributed by atoms with Gasteiger partial charge in [-0.15, -0.1) is 0 Å². The molecule has 130 valence electrons. The molecule has 1 fully saturated rings. The number of aromatic nitrogens is 2. The predicted molar refractivity (Wildman–Crippen MR) is 95.8 cm³/mol. The van der Waals surface area contributed by atoms with Crippen LogP contribution in [0.1, 0.15) is 51.1 Å². The van der Waals surface area contributed by atoms with Crippen molar-refractivity contribution in [1.29, 1.82) is 0 Å². The maximum atomic E-state index is 12.1. The number of nitrogens with zero attached hydrogens (tertiary/aromatic N) is 1. The Labute approximate surface area is 144 Å². The van der Waals surface area contributed by atoms with Gasteiger partial charge >= 0.3 is 0 Å². The highest BCUT2D eigenvalue weighted by atomic mass is 32.2. The van der Waals surface area contributed by atoms with Gasteiger partial charge in [-0.05, 0) is 56.3 Å². The average Bonchev–Trinajstić information content (AvgIpc) is 3.10. The van der Waals surface area contributed by atoms with Crippen molar-refractivity contribution in [3.05, 3.63) is 52.8 Å². The van der Waals surface area contributed by atoms with E-state index in [4.69, 9.17) is 0 Å². The van der Waals surface area contributed by atoms with Crippen LogP contribution < -0.4 is 4.72 Å². The van der Waals surface area contributed by atoms with Gasteiger partial charge < -0.3 is 4.98 Å². The molecule has 0 aromatic carbocycles. The number of aromatic amines is 1. The summed E-state index contributed by atoms with van der Waals surface area (Å²) in [7, 11) is -3.29. The summed E-state index contributed by atoms with van der Waals surface area (Å²) in [6.45, 7) is 1.66. The molecule has 6 heteroatoms. The summed E-state index contributed by atoms with van der Waals surface area (Å²) in [5, 5.41) is 0. The van der Waals surface area contributed by atoms with E-state index in [1.165, 1.54) is 30.4 Å². The normalized spacial score (nSPS) is 19.0. The molecular weight excluding hydrogens is 322 g/mol. The number of rotatable bonds is 5. The van der Waals surface area contributed by atoms with Crippen LogP contribution in [-0.4, -0.2) is 24.1 Å². The molecule has 24 heavy (non-hydrogen) atoms. The van der Waals surface area contributed by atoms with Crippen LogP contribution >= 0.6 is 0 Å². The van der Waals surface area contributed by atoms with Crippen LogP contribution in [0.2, 0.25) is 0 Å². The van der Waals surface area contributed by atoms with Crippen LogP contribution in [0.15, 0.2) is 47.1 Å². The summed E-state index contributed by atoms with van der Waals surface area (Å²) in [6, 6.07) is 0. The lowest BCUT2D eigenvalue weighted by molar-refractivity contribution is 0.588. The van der Waals surface area contributed by atoms with Crippen molar-refractivity contribution in [3.63, 3.8) is 0 Å². The fourth-order valence-electron chi connectivity index (χ4n) is 3.43. The lowest BCUT2D eigenvalue weighted by Crippen LogP contribution is -2.27. The first-order valence-electron chi connectivity index (χ1n) is 8.68. The SMILES string of the molecule is CCS(=O)(=O)NC1=C(Cc2cnc[nH]2)C(=C2CCCCC2)CC=C1. The second kappa shape index (κ2) is 7.38. The Morgan fingerprint density at radius 1 is 1.25 bits per heavy atom. The third-order valence-corrected chi connectivity index (χ3v) is 6.04. The molecule has 2 N–H and O–H groups in total. The quantitative estimate of drug-likeness (QED) is 0.857. The Kier molecular flexibility index (Phi) is 5.23. The predicted octanol–water partition coefficient (Wildman–Crippen LogP) is 3.37. The van der Waals surface area contributed by atoms with E-state index in [-0.39, 0.29) is 5.75 Å². The van der Waals surface area contributed by atoms with Crippen molar-refractivity contribution in [2.24, 2.45) is 0 Å². The van der Waals surface area contributed by atoms with E-state index in [1.807, 2.05) is 6.08 Å². The van der Waals surface area contributed by atoms with Gasteiger partial charge in [-0.3, -0.25) is 4.72 Å². The zero-order chi connectivity index (χ0) is 17.0. The Morgan fingerprint density at radius 3 is 2.71 bits per heavy atom. The summed E-state index contributed by atoms with van der Waals surface area (Å²) in [6.07, 6.45) is 15.0. The van der Waals surface area contributed by atoms with Gasteiger partial charge in [0, 0.05) is 18.3 Å². The van der Waals surface area contributed by atoms with Crippen molar-refractivity contribution >= 4 is 10.0 Å². The fraction of sp³-hybridized carbons (Fsp3) is 0.500.